The number of piperidine rings is 1. The van der Waals surface area contributed by atoms with Crippen LogP contribution in [0.3, 0.4) is 0 Å². The Kier molecular flexibility index (Phi) is 3.67. The smallest absolute Gasteiger partial charge is 0.274 e. The highest BCUT2D eigenvalue weighted by Crippen LogP contribution is 2.22. The predicted octanol–water partition coefficient (Wildman–Crippen LogP) is 0.330. The molecule has 2 atom stereocenters. The first-order valence-electron chi connectivity index (χ1n) is 7.05. The van der Waals surface area contributed by atoms with Crippen molar-refractivity contribution in [1.82, 2.24) is 19.8 Å². The number of fused-ring (bicyclic) bond motifs is 1. The van der Waals surface area contributed by atoms with E-state index in [0.29, 0.717) is 18.3 Å². The number of nitrogens with zero attached hydrogens (tertiary/aromatic N) is 4. The molecule has 108 valence electrons. The van der Waals surface area contributed by atoms with Gasteiger partial charge in [0.2, 0.25) is 0 Å². The molecule has 1 amide bonds. The minimum absolute atomic E-state index is 0.0325. The van der Waals surface area contributed by atoms with Crippen molar-refractivity contribution in [3.8, 4) is 0 Å². The zero-order valence-corrected chi connectivity index (χ0v) is 12.0. The van der Waals surface area contributed by atoms with Crippen LogP contribution in [0.15, 0.2) is 12.4 Å². The summed E-state index contributed by atoms with van der Waals surface area (Å²) < 4.78 is 5.79. The van der Waals surface area contributed by atoms with Crippen LogP contribution < -0.4 is 0 Å². The quantitative estimate of drug-likeness (QED) is 0.740. The number of hydrogen-bond donors (Lipinski definition) is 0. The number of likely N-dealkylation sites (N-methyl/N-ethyl adjacent to an activating group) is 1. The van der Waals surface area contributed by atoms with Gasteiger partial charge in [-0.15, -0.1) is 0 Å². The summed E-state index contributed by atoms with van der Waals surface area (Å²) >= 11 is 0. The summed E-state index contributed by atoms with van der Waals surface area (Å²) in [7, 11) is 2.10. The SMILES string of the molecule is Cc1cnc(C(=O)N2CC[C@H]3OCCN(C)[C@@H]3C2)cn1. The third kappa shape index (κ3) is 2.53. The Hall–Kier alpha value is -1.53. The topological polar surface area (TPSA) is 58.6 Å². The number of rotatable bonds is 1. The van der Waals surface area contributed by atoms with Gasteiger partial charge in [0.1, 0.15) is 5.69 Å². The molecule has 3 rings (SSSR count). The molecule has 1 aromatic rings. The van der Waals surface area contributed by atoms with Crippen molar-refractivity contribution in [2.45, 2.75) is 25.5 Å². The molecule has 0 bridgehead atoms. The van der Waals surface area contributed by atoms with Gasteiger partial charge in [-0.2, -0.15) is 0 Å². The summed E-state index contributed by atoms with van der Waals surface area (Å²) in [5.74, 6) is -0.0325. The van der Waals surface area contributed by atoms with E-state index in [0.717, 1.165) is 31.8 Å². The Morgan fingerprint density at radius 1 is 1.35 bits per heavy atom. The third-order valence-corrected chi connectivity index (χ3v) is 4.15. The fourth-order valence-corrected chi connectivity index (χ4v) is 2.89. The molecule has 0 N–H and O–H groups in total. The molecule has 2 aliphatic heterocycles. The van der Waals surface area contributed by atoms with E-state index in [1.165, 1.54) is 0 Å². The van der Waals surface area contributed by atoms with E-state index in [1.54, 1.807) is 12.4 Å². The second kappa shape index (κ2) is 5.46. The zero-order chi connectivity index (χ0) is 14.1. The average Bonchev–Trinajstić information content (AvgIpc) is 2.47. The second-order valence-electron chi connectivity index (χ2n) is 5.54. The first-order valence-corrected chi connectivity index (χ1v) is 7.05. The maximum absolute atomic E-state index is 12.5. The molecule has 6 heteroatoms. The van der Waals surface area contributed by atoms with Gasteiger partial charge in [-0.1, -0.05) is 0 Å². The summed E-state index contributed by atoms with van der Waals surface area (Å²) in [5, 5.41) is 0. The summed E-state index contributed by atoms with van der Waals surface area (Å²) in [6.45, 7) is 5.00. The van der Waals surface area contributed by atoms with Gasteiger partial charge in [0.25, 0.3) is 5.91 Å². The van der Waals surface area contributed by atoms with Crippen molar-refractivity contribution in [3.63, 3.8) is 0 Å². The molecule has 1 aromatic heterocycles. The van der Waals surface area contributed by atoms with Crippen LogP contribution >= 0.6 is 0 Å². The van der Waals surface area contributed by atoms with Gasteiger partial charge in [0, 0.05) is 25.8 Å². The Balaban J connectivity index is 1.71. The maximum Gasteiger partial charge on any atom is 0.274 e. The Labute approximate surface area is 118 Å². The number of carbonyl (C=O) groups is 1. The van der Waals surface area contributed by atoms with Crippen molar-refractivity contribution < 1.29 is 9.53 Å². The van der Waals surface area contributed by atoms with Gasteiger partial charge >= 0.3 is 0 Å². The number of likely N-dealkylation sites (tertiary alicyclic amines) is 1. The molecular formula is C14H20N4O2. The number of aromatic nitrogens is 2. The molecule has 0 aromatic carbocycles. The molecule has 0 radical (unpaired) electrons. The Morgan fingerprint density at radius 2 is 2.20 bits per heavy atom. The van der Waals surface area contributed by atoms with E-state index >= 15 is 0 Å². The number of aryl methyl sites for hydroxylation is 1. The molecule has 2 fully saturated rings. The van der Waals surface area contributed by atoms with E-state index in [1.807, 2.05) is 11.8 Å². The summed E-state index contributed by atoms with van der Waals surface area (Å²) in [6.07, 6.45) is 4.34. The minimum Gasteiger partial charge on any atom is -0.375 e. The van der Waals surface area contributed by atoms with Gasteiger partial charge in [0.15, 0.2) is 0 Å². The average molecular weight is 276 g/mol. The third-order valence-electron chi connectivity index (χ3n) is 4.15. The van der Waals surface area contributed by atoms with Crippen LogP contribution in [-0.2, 0) is 4.74 Å². The van der Waals surface area contributed by atoms with E-state index in [2.05, 4.69) is 21.9 Å². The second-order valence-corrected chi connectivity index (χ2v) is 5.54. The standard InChI is InChI=1S/C14H20N4O2/c1-10-7-16-11(8-15-10)14(19)18-4-3-13-12(9-18)17(2)5-6-20-13/h7-8,12-13H,3-6,9H2,1-2H3/t12-,13-/m1/s1. The van der Waals surface area contributed by atoms with Crippen LogP contribution in [0.2, 0.25) is 0 Å². The lowest BCUT2D eigenvalue weighted by Crippen LogP contribution is -2.59. The molecule has 6 nitrogen and oxygen atoms in total. The minimum atomic E-state index is -0.0325. The van der Waals surface area contributed by atoms with Crippen molar-refractivity contribution in [1.29, 1.82) is 0 Å². The van der Waals surface area contributed by atoms with Gasteiger partial charge in [0.05, 0.1) is 30.6 Å². The monoisotopic (exact) mass is 276 g/mol. The molecule has 2 saturated heterocycles. The fourth-order valence-electron chi connectivity index (χ4n) is 2.89. The van der Waals surface area contributed by atoms with E-state index in [-0.39, 0.29) is 12.0 Å². The lowest BCUT2D eigenvalue weighted by atomic mass is 9.99. The number of ether oxygens (including phenoxy) is 1. The Morgan fingerprint density at radius 3 is 2.95 bits per heavy atom. The van der Waals surface area contributed by atoms with Crippen molar-refractivity contribution >= 4 is 5.91 Å². The summed E-state index contributed by atoms with van der Waals surface area (Å²) in [6, 6.07) is 0.292. The maximum atomic E-state index is 12.5. The first-order chi connectivity index (χ1) is 9.65. The van der Waals surface area contributed by atoms with Gasteiger partial charge in [-0.25, -0.2) is 4.98 Å². The molecule has 0 spiro atoms. The normalized spacial score (nSPS) is 27.2. The highest BCUT2D eigenvalue weighted by molar-refractivity contribution is 5.92. The molecule has 0 unspecified atom stereocenters. The summed E-state index contributed by atoms with van der Waals surface area (Å²) in [4.78, 5) is 24.9. The van der Waals surface area contributed by atoms with Crippen molar-refractivity contribution in [3.05, 3.63) is 23.8 Å². The van der Waals surface area contributed by atoms with Crippen molar-refractivity contribution in [2.24, 2.45) is 0 Å². The zero-order valence-electron chi connectivity index (χ0n) is 12.0. The molecule has 0 aliphatic carbocycles. The molecule has 3 heterocycles. The summed E-state index contributed by atoms with van der Waals surface area (Å²) in [5.41, 5.74) is 1.24. The Bertz CT molecular complexity index is 490. The number of morpholine rings is 1. The highest BCUT2D eigenvalue weighted by atomic mass is 16.5. The van der Waals surface area contributed by atoms with Crippen LogP contribution in [-0.4, -0.2) is 71.1 Å². The molecule has 20 heavy (non-hydrogen) atoms. The van der Waals surface area contributed by atoms with Gasteiger partial charge < -0.3 is 9.64 Å². The lowest BCUT2D eigenvalue weighted by molar-refractivity contribution is -0.0894. The van der Waals surface area contributed by atoms with E-state index in [4.69, 9.17) is 4.74 Å². The number of amides is 1. The van der Waals surface area contributed by atoms with Gasteiger partial charge in [-0.05, 0) is 20.4 Å². The van der Waals surface area contributed by atoms with Crippen LogP contribution in [0.1, 0.15) is 22.6 Å². The van der Waals surface area contributed by atoms with Gasteiger partial charge in [-0.3, -0.25) is 14.7 Å². The van der Waals surface area contributed by atoms with Crippen LogP contribution in [0, 0.1) is 6.92 Å². The molecule has 2 aliphatic rings. The molecule has 0 saturated carbocycles. The van der Waals surface area contributed by atoms with Crippen LogP contribution in [0.4, 0.5) is 0 Å². The highest BCUT2D eigenvalue weighted by Gasteiger charge is 2.37. The van der Waals surface area contributed by atoms with E-state index in [9.17, 15) is 4.79 Å². The number of hydrogen-bond acceptors (Lipinski definition) is 5. The largest absolute Gasteiger partial charge is 0.375 e. The van der Waals surface area contributed by atoms with E-state index < -0.39 is 0 Å². The molecular weight excluding hydrogens is 256 g/mol. The fraction of sp³-hybridized carbons (Fsp3) is 0.643. The number of carbonyl (C=O) groups excluding carboxylic acids is 1. The lowest BCUT2D eigenvalue weighted by Gasteiger charge is -2.45. The first kappa shape index (κ1) is 13.5. The van der Waals surface area contributed by atoms with Crippen molar-refractivity contribution in [2.75, 3.05) is 33.3 Å². The predicted molar refractivity (Wildman–Crippen MR) is 73.4 cm³/mol. The van der Waals surface area contributed by atoms with Crippen LogP contribution in [0.5, 0.6) is 0 Å². The van der Waals surface area contributed by atoms with Crippen LogP contribution in [0.25, 0.3) is 0 Å².